The molecule has 2 heterocycles. The minimum absolute atomic E-state index is 0.0369. The van der Waals surface area contributed by atoms with Crippen LogP contribution in [0.4, 0.5) is 0 Å². The van der Waals surface area contributed by atoms with Crippen molar-refractivity contribution in [1.82, 2.24) is 14.6 Å². The summed E-state index contributed by atoms with van der Waals surface area (Å²) < 4.78 is 33.0. The Labute approximate surface area is 153 Å². The first-order valence-corrected chi connectivity index (χ1v) is 9.85. The number of carbonyl (C=O) groups excluding carboxylic acids is 1. The predicted octanol–water partition coefficient (Wildman–Crippen LogP) is 1.80. The molecule has 1 N–H and O–H groups in total. The molecule has 1 fully saturated rings. The van der Waals surface area contributed by atoms with E-state index in [1.165, 1.54) is 25.3 Å². The molecular formula is C18H21N3O4S. The Kier molecular flexibility index (Phi) is 5.53. The number of hydrogen-bond acceptors (Lipinski definition) is 5. The van der Waals surface area contributed by atoms with Crippen LogP contribution in [0, 0.1) is 0 Å². The summed E-state index contributed by atoms with van der Waals surface area (Å²) in [6.07, 6.45) is 5.12. The molecule has 0 spiro atoms. The van der Waals surface area contributed by atoms with Crippen LogP contribution in [-0.4, -0.2) is 44.4 Å². The van der Waals surface area contributed by atoms with Crippen LogP contribution in [-0.2, 0) is 16.6 Å². The van der Waals surface area contributed by atoms with Gasteiger partial charge in [-0.15, -0.1) is 0 Å². The van der Waals surface area contributed by atoms with Gasteiger partial charge in [-0.05, 0) is 48.7 Å². The fraction of sp³-hybridized carbons (Fsp3) is 0.333. The Morgan fingerprint density at radius 1 is 1.19 bits per heavy atom. The van der Waals surface area contributed by atoms with Gasteiger partial charge in [-0.3, -0.25) is 9.78 Å². The molecule has 0 radical (unpaired) electrons. The highest BCUT2D eigenvalue weighted by Gasteiger charge is 2.25. The number of nitrogens with zero attached hydrogens (tertiary/aromatic N) is 2. The van der Waals surface area contributed by atoms with Gasteiger partial charge in [0, 0.05) is 32.0 Å². The van der Waals surface area contributed by atoms with Gasteiger partial charge in [0.25, 0.3) is 5.91 Å². The van der Waals surface area contributed by atoms with Crippen molar-refractivity contribution in [3.8, 4) is 5.75 Å². The number of pyridine rings is 1. The molecule has 0 unspecified atom stereocenters. The molecular weight excluding hydrogens is 354 g/mol. The van der Waals surface area contributed by atoms with Crippen molar-refractivity contribution in [1.29, 1.82) is 0 Å². The molecule has 8 heteroatoms. The van der Waals surface area contributed by atoms with Crippen LogP contribution in [0.1, 0.15) is 28.8 Å². The van der Waals surface area contributed by atoms with Crippen LogP contribution in [0.3, 0.4) is 0 Å². The number of methoxy groups -OCH3 is 1. The maximum Gasteiger partial charge on any atom is 0.257 e. The van der Waals surface area contributed by atoms with E-state index in [2.05, 4.69) is 9.71 Å². The lowest BCUT2D eigenvalue weighted by atomic mass is 10.1. The van der Waals surface area contributed by atoms with Crippen LogP contribution >= 0.6 is 0 Å². The monoisotopic (exact) mass is 375 g/mol. The second-order valence-electron chi connectivity index (χ2n) is 6.04. The molecule has 1 amide bonds. The lowest BCUT2D eigenvalue weighted by molar-refractivity contribution is 0.0789. The van der Waals surface area contributed by atoms with Gasteiger partial charge < -0.3 is 9.64 Å². The van der Waals surface area contributed by atoms with E-state index in [4.69, 9.17) is 4.74 Å². The quantitative estimate of drug-likeness (QED) is 0.832. The molecule has 1 saturated heterocycles. The summed E-state index contributed by atoms with van der Waals surface area (Å²) in [5.74, 6) is 0.167. The van der Waals surface area contributed by atoms with Gasteiger partial charge in [0.2, 0.25) is 10.0 Å². The topological polar surface area (TPSA) is 88.6 Å². The zero-order valence-corrected chi connectivity index (χ0v) is 15.3. The number of benzene rings is 1. The van der Waals surface area contributed by atoms with Gasteiger partial charge in [-0.2, -0.15) is 0 Å². The maximum absolute atomic E-state index is 12.7. The van der Waals surface area contributed by atoms with Crippen molar-refractivity contribution in [2.45, 2.75) is 24.3 Å². The summed E-state index contributed by atoms with van der Waals surface area (Å²) in [6.45, 7) is 1.50. The fourth-order valence-electron chi connectivity index (χ4n) is 2.87. The molecule has 26 heavy (non-hydrogen) atoms. The number of sulfonamides is 1. The summed E-state index contributed by atoms with van der Waals surface area (Å²) in [7, 11) is -2.30. The van der Waals surface area contributed by atoms with Crippen molar-refractivity contribution in [3.05, 3.63) is 53.9 Å². The van der Waals surface area contributed by atoms with Crippen LogP contribution in [0.2, 0.25) is 0 Å². The third-order valence-electron chi connectivity index (χ3n) is 4.32. The van der Waals surface area contributed by atoms with E-state index < -0.39 is 10.0 Å². The third-order valence-corrected chi connectivity index (χ3v) is 5.72. The maximum atomic E-state index is 12.7. The van der Waals surface area contributed by atoms with Crippen LogP contribution in [0.5, 0.6) is 5.75 Å². The second-order valence-corrected chi connectivity index (χ2v) is 7.81. The predicted molar refractivity (Wildman–Crippen MR) is 96.4 cm³/mol. The average molecular weight is 375 g/mol. The standard InChI is InChI=1S/C18H21N3O4S/c1-25-17-5-4-15(12-16(17)18(22)21-10-2-3-11-21)26(23,24)20-13-14-6-8-19-9-7-14/h4-9,12,20H,2-3,10-11,13H2,1H3. The van der Waals surface area contributed by atoms with Crippen molar-refractivity contribution in [2.75, 3.05) is 20.2 Å². The van der Waals surface area contributed by atoms with Crippen LogP contribution in [0.25, 0.3) is 0 Å². The minimum Gasteiger partial charge on any atom is -0.496 e. The first-order chi connectivity index (χ1) is 12.5. The SMILES string of the molecule is COc1ccc(S(=O)(=O)NCc2ccncc2)cc1C(=O)N1CCCC1. The van der Waals surface area contributed by atoms with Crippen LogP contribution < -0.4 is 9.46 Å². The van der Waals surface area contributed by atoms with Gasteiger partial charge in [0.05, 0.1) is 17.6 Å². The third kappa shape index (κ3) is 4.03. The fourth-order valence-corrected chi connectivity index (χ4v) is 3.92. The minimum atomic E-state index is -3.76. The van der Waals surface area contributed by atoms with Crippen molar-refractivity contribution in [3.63, 3.8) is 0 Å². The van der Waals surface area contributed by atoms with E-state index in [0.717, 1.165) is 18.4 Å². The van der Waals surface area contributed by atoms with Gasteiger partial charge in [-0.25, -0.2) is 13.1 Å². The molecule has 3 rings (SSSR count). The number of hydrogen-bond donors (Lipinski definition) is 1. The average Bonchev–Trinajstić information content (AvgIpc) is 3.21. The van der Waals surface area contributed by atoms with E-state index in [-0.39, 0.29) is 22.9 Å². The molecule has 0 saturated carbocycles. The number of rotatable bonds is 6. The molecule has 138 valence electrons. The van der Waals surface area contributed by atoms with E-state index >= 15 is 0 Å². The normalized spacial score (nSPS) is 14.4. The Morgan fingerprint density at radius 3 is 2.54 bits per heavy atom. The number of likely N-dealkylation sites (tertiary alicyclic amines) is 1. The largest absolute Gasteiger partial charge is 0.496 e. The molecule has 1 aromatic heterocycles. The van der Waals surface area contributed by atoms with E-state index in [0.29, 0.717) is 18.8 Å². The summed E-state index contributed by atoms with van der Waals surface area (Å²) in [4.78, 5) is 18.4. The molecule has 2 aromatic rings. The highest BCUT2D eigenvalue weighted by Crippen LogP contribution is 2.25. The summed E-state index contributed by atoms with van der Waals surface area (Å²) in [5.41, 5.74) is 1.06. The number of carbonyl (C=O) groups is 1. The lowest BCUT2D eigenvalue weighted by Crippen LogP contribution is -2.29. The lowest BCUT2D eigenvalue weighted by Gasteiger charge is -2.18. The first kappa shape index (κ1) is 18.3. The zero-order chi connectivity index (χ0) is 18.6. The summed E-state index contributed by atoms with van der Waals surface area (Å²) in [5, 5.41) is 0. The van der Waals surface area contributed by atoms with E-state index in [1.807, 2.05) is 0 Å². The number of aromatic nitrogens is 1. The van der Waals surface area contributed by atoms with E-state index in [1.54, 1.807) is 29.4 Å². The van der Waals surface area contributed by atoms with Gasteiger partial charge in [-0.1, -0.05) is 0 Å². The molecule has 7 nitrogen and oxygen atoms in total. The number of ether oxygens (including phenoxy) is 1. The summed E-state index contributed by atoms with van der Waals surface area (Å²) >= 11 is 0. The molecule has 1 aromatic carbocycles. The van der Waals surface area contributed by atoms with Gasteiger partial charge in [0.15, 0.2) is 0 Å². The first-order valence-electron chi connectivity index (χ1n) is 8.37. The molecule has 0 atom stereocenters. The van der Waals surface area contributed by atoms with Crippen molar-refractivity contribution >= 4 is 15.9 Å². The molecule has 1 aliphatic heterocycles. The smallest absolute Gasteiger partial charge is 0.257 e. The Bertz CT molecular complexity index is 879. The van der Waals surface area contributed by atoms with Gasteiger partial charge >= 0.3 is 0 Å². The molecule has 1 aliphatic rings. The van der Waals surface area contributed by atoms with E-state index in [9.17, 15) is 13.2 Å². The van der Waals surface area contributed by atoms with Crippen molar-refractivity contribution in [2.24, 2.45) is 0 Å². The molecule has 0 bridgehead atoms. The number of amides is 1. The van der Waals surface area contributed by atoms with Gasteiger partial charge in [0.1, 0.15) is 5.75 Å². The highest BCUT2D eigenvalue weighted by atomic mass is 32.2. The highest BCUT2D eigenvalue weighted by molar-refractivity contribution is 7.89. The molecule has 0 aliphatic carbocycles. The Balaban J connectivity index is 1.84. The second kappa shape index (κ2) is 7.84. The Morgan fingerprint density at radius 2 is 1.88 bits per heavy atom. The Hall–Kier alpha value is -2.45. The zero-order valence-electron chi connectivity index (χ0n) is 14.5. The summed E-state index contributed by atoms with van der Waals surface area (Å²) in [6, 6.07) is 7.81. The van der Waals surface area contributed by atoms with Crippen molar-refractivity contribution < 1.29 is 17.9 Å². The van der Waals surface area contributed by atoms with Crippen LogP contribution in [0.15, 0.2) is 47.6 Å². The number of nitrogens with one attached hydrogen (secondary N) is 1.